The third-order valence-corrected chi connectivity index (χ3v) is 3.93. The highest BCUT2D eigenvalue weighted by Gasteiger charge is 2.18. The van der Waals surface area contributed by atoms with E-state index in [0.717, 1.165) is 13.0 Å². The van der Waals surface area contributed by atoms with Crippen molar-refractivity contribution >= 4 is 5.97 Å². The van der Waals surface area contributed by atoms with E-state index in [1.54, 1.807) is 0 Å². The lowest BCUT2D eigenvalue weighted by atomic mass is 10.1. The van der Waals surface area contributed by atoms with Gasteiger partial charge in [-0.1, -0.05) is 71.1 Å². The van der Waals surface area contributed by atoms with E-state index in [0.29, 0.717) is 4.65 Å². The Bertz CT molecular complexity index is 252. The van der Waals surface area contributed by atoms with Crippen LogP contribution in [0.15, 0.2) is 0 Å². The number of hydrogen-bond acceptors (Lipinski definition) is 2. The minimum Gasteiger partial charge on any atom is -0.277 e. The lowest BCUT2D eigenvalue weighted by molar-refractivity contribution is -1.06. The number of carbonyl (C=O) groups excluding carboxylic acids is 1. The molecule has 0 heterocycles. The first-order chi connectivity index (χ1) is 9.98. The molecule has 0 aliphatic carbocycles. The van der Waals surface area contributed by atoms with E-state index in [2.05, 4.69) is 6.92 Å². The Labute approximate surface area is 132 Å². The second-order valence-corrected chi connectivity index (χ2v) is 6.77. The highest BCUT2D eigenvalue weighted by molar-refractivity contribution is 5.65. The maximum atomic E-state index is 10.9. The molecule has 0 spiro atoms. The fraction of sp³-hybridized carbons (Fsp3) is 0.944. The Morgan fingerprint density at radius 1 is 0.762 bits per heavy atom. The molecule has 0 unspecified atom stereocenters. The fourth-order valence-corrected chi connectivity index (χ4v) is 2.73. The van der Waals surface area contributed by atoms with Crippen LogP contribution in [0.2, 0.25) is 0 Å². The topological polar surface area (TPSA) is 26.3 Å². The Balaban J connectivity index is 3.24. The van der Waals surface area contributed by atoms with Crippen LogP contribution in [-0.4, -0.2) is 31.3 Å². The molecule has 0 saturated carbocycles. The number of rotatable bonds is 14. The van der Waals surface area contributed by atoms with E-state index >= 15 is 0 Å². The van der Waals surface area contributed by atoms with Crippen molar-refractivity contribution in [2.75, 3.05) is 20.6 Å². The van der Waals surface area contributed by atoms with Gasteiger partial charge in [0.1, 0.15) is 20.6 Å². The van der Waals surface area contributed by atoms with Crippen LogP contribution in [0.3, 0.4) is 0 Å². The van der Waals surface area contributed by atoms with Crippen molar-refractivity contribution in [2.45, 2.75) is 90.9 Å². The molecule has 0 fully saturated rings. The molecule has 0 N–H and O–H groups in total. The lowest BCUT2D eigenvalue weighted by Gasteiger charge is -2.25. The predicted octanol–water partition coefficient (Wildman–Crippen LogP) is 5.24. The van der Waals surface area contributed by atoms with Crippen molar-refractivity contribution in [1.29, 1.82) is 0 Å². The van der Waals surface area contributed by atoms with Gasteiger partial charge >= 0.3 is 5.97 Å². The van der Waals surface area contributed by atoms with Crippen LogP contribution < -0.4 is 0 Å². The average molecular weight is 301 g/mol. The summed E-state index contributed by atoms with van der Waals surface area (Å²) in [5.74, 6) is -0.195. The maximum absolute atomic E-state index is 10.9. The van der Waals surface area contributed by atoms with Gasteiger partial charge in [-0.05, 0) is 6.42 Å². The van der Waals surface area contributed by atoms with Crippen molar-refractivity contribution in [3.05, 3.63) is 0 Å². The van der Waals surface area contributed by atoms with Crippen molar-refractivity contribution in [2.24, 2.45) is 0 Å². The SMILES string of the molecule is CCCCCCCCCCCCCC[N+](C)(C)OC(C)=O. The van der Waals surface area contributed by atoms with E-state index in [1.165, 1.54) is 77.6 Å². The number of quaternary nitrogens is 1. The molecular formula is C18H38NO2+. The minimum absolute atomic E-state index is 0.195. The first kappa shape index (κ1) is 20.4. The van der Waals surface area contributed by atoms with Crippen LogP contribution >= 0.6 is 0 Å². The van der Waals surface area contributed by atoms with E-state index in [9.17, 15) is 4.79 Å². The number of carbonyl (C=O) groups is 1. The molecule has 0 bridgehead atoms. The van der Waals surface area contributed by atoms with Crippen molar-refractivity contribution in [1.82, 2.24) is 0 Å². The van der Waals surface area contributed by atoms with Gasteiger partial charge in [0, 0.05) is 13.3 Å². The molecule has 21 heavy (non-hydrogen) atoms. The largest absolute Gasteiger partial charge is 0.363 e. The molecule has 0 aromatic carbocycles. The second kappa shape index (κ2) is 13.1. The third-order valence-electron chi connectivity index (χ3n) is 3.93. The monoisotopic (exact) mass is 300 g/mol. The van der Waals surface area contributed by atoms with Gasteiger partial charge in [-0.3, -0.25) is 4.84 Å². The number of hydrogen-bond donors (Lipinski definition) is 0. The highest BCUT2D eigenvalue weighted by Crippen LogP contribution is 2.12. The summed E-state index contributed by atoms with van der Waals surface area (Å²) in [6.07, 6.45) is 16.3. The van der Waals surface area contributed by atoms with E-state index in [1.807, 2.05) is 14.1 Å². The van der Waals surface area contributed by atoms with Crippen molar-refractivity contribution in [3.8, 4) is 0 Å². The molecule has 0 rings (SSSR count). The van der Waals surface area contributed by atoms with Crippen molar-refractivity contribution < 1.29 is 14.3 Å². The lowest BCUT2D eigenvalue weighted by Crippen LogP contribution is -2.41. The van der Waals surface area contributed by atoms with Gasteiger partial charge in [-0.15, -0.1) is 4.65 Å². The quantitative estimate of drug-likeness (QED) is 0.249. The number of nitrogens with zero attached hydrogens (tertiary/aromatic N) is 1. The molecule has 0 aliphatic heterocycles. The second-order valence-electron chi connectivity index (χ2n) is 6.77. The summed E-state index contributed by atoms with van der Waals surface area (Å²) >= 11 is 0. The van der Waals surface area contributed by atoms with Gasteiger partial charge in [0.2, 0.25) is 0 Å². The van der Waals surface area contributed by atoms with Crippen LogP contribution in [0.5, 0.6) is 0 Å². The highest BCUT2D eigenvalue weighted by atomic mass is 16.7. The molecule has 0 aliphatic rings. The smallest absolute Gasteiger partial charge is 0.277 e. The van der Waals surface area contributed by atoms with Gasteiger partial charge in [0.15, 0.2) is 0 Å². The van der Waals surface area contributed by atoms with Crippen molar-refractivity contribution in [3.63, 3.8) is 0 Å². The molecular weight excluding hydrogens is 262 g/mol. The van der Waals surface area contributed by atoms with Crippen LogP contribution in [0.4, 0.5) is 0 Å². The van der Waals surface area contributed by atoms with Crippen LogP contribution in [0, 0.1) is 0 Å². The first-order valence-electron chi connectivity index (χ1n) is 9.01. The summed E-state index contributed by atoms with van der Waals surface area (Å²) in [6.45, 7) is 4.66. The first-order valence-corrected chi connectivity index (χ1v) is 9.01. The Morgan fingerprint density at radius 3 is 1.52 bits per heavy atom. The van der Waals surface area contributed by atoms with Gasteiger partial charge in [-0.25, -0.2) is 4.79 Å². The molecule has 0 aromatic heterocycles. The van der Waals surface area contributed by atoms with Gasteiger partial charge < -0.3 is 0 Å². The zero-order valence-electron chi connectivity index (χ0n) is 15.0. The van der Waals surface area contributed by atoms with Gasteiger partial charge in [0.05, 0.1) is 0 Å². The summed E-state index contributed by atoms with van der Waals surface area (Å²) in [5.41, 5.74) is 0. The summed E-state index contributed by atoms with van der Waals surface area (Å²) < 4.78 is 0.354. The fourth-order valence-electron chi connectivity index (χ4n) is 2.73. The summed E-state index contributed by atoms with van der Waals surface area (Å²) in [6, 6.07) is 0. The summed E-state index contributed by atoms with van der Waals surface area (Å²) in [4.78, 5) is 16.2. The zero-order valence-corrected chi connectivity index (χ0v) is 15.0. The zero-order chi connectivity index (χ0) is 16.0. The Kier molecular flexibility index (Phi) is 12.8. The normalized spacial score (nSPS) is 11.6. The molecule has 0 radical (unpaired) electrons. The molecule has 0 saturated heterocycles. The molecule has 126 valence electrons. The minimum atomic E-state index is -0.195. The van der Waals surface area contributed by atoms with E-state index < -0.39 is 0 Å². The molecule has 3 nitrogen and oxygen atoms in total. The standard InChI is InChI=1S/C18H38NO2/c1-5-6-7-8-9-10-11-12-13-14-15-16-17-19(3,4)21-18(2)20/h5-17H2,1-4H3/q+1. The Morgan fingerprint density at radius 2 is 1.14 bits per heavy atom. The molecule has 3 heteroatoms. The number of hydroxylamine groups is 3. The molecule has 0 amide bonds. The summed E-state index contributed by atoms with van der Waals surface area (Å²) in [7, 11) is 3.89. The van der Waals surface area contributed by atoms with E-state index in [4.69, 9.17) is 4.84 Å². The van der Waals surface area contributed by atoms with Gasteiger partial charge in [-0.2, -0.15) is 0 Å². The maximum Gasteiger partial charge on any atom is 0.363 e. The Hall–Kier alpha value is -0.570. The third kappa shape index (κ3) is 15.6. The average Bonchev–Trinajstić information content (AvgIpc) is 2.38. The molecule has 0 atom stereocenters. The van der Waals surface area contributed by atoms with Gasteiger partial charge in [0.25, 0.3) is 0 Å². The molecule has 0 aromatic rings. The van der Waals surface area contributed by atoms with Crippen LogP contribution in [-0.2, 0) is 9.63 Å². The van der Waals surface area contributed by atoms with Crippen LogP contribution in [0.25, 0.3) is 0 Å². The predicted molar refractivity (Wildman–Crippen MR) is 89.8 cm³/mol. The number of unbranched alkanes of at least 4 members (excludes halogenated alkanes) is 11. The van der Waals surface area contributed by atoms with Crippen LogP contribution in [0.1, 0.15) is 90.9 Å². The summed E-state index contributed by atoms with van der Waals surface area (Å²) in [5, 5.41) is 0. The van der Waals surface area contributed by atoms with E-state index in [-0.39, 0.29) is 5.97 Å².